The van der Waals surface area contributed by atoms with E-state index < -0.39 is 10.0 Å². The van der Waals surface area contributed by atoms with E-state index in [9.17, 15) is 8.42 Å². The predicted molar refractivity (Wildman–Crippen MR) is 105 cm³/mol. The molecule has 1 fully saturated rings. The second-order valence-electron chi connectivity index (χ2n) is 5.44. The van der Waals surface area contributed by atoms with Gasteiger partial charge in [-0.2, -0.15) is 0 Å². The first kappa shape index (κ1) is 22.9. The van der Waals surface area contributed by atoms with E-state index in [1.807, 2.05) is 6.92 Å². The average molecular weight is 462 g/mol. The maximum absolute atomic E-state index is 11.8. The van der Waals surface area contributed by atoms with Crippen LogP contribution in [0.5, 0.6) is 0 Å². The molecule has 0 heterocycles. The average Bonchev–Trinajstić information content (AvgIpc) is 2.43. The summed E-state index contributed by atoms with van der Waals surface area (Å²) in [5.74, 6) is 1.20. The van der Waals surface area contributed by atoms with Crippen molar-refractivity contribution >= 4 is 40.0 Å². The van der Waals surface area contributed by atoms with Crippen LogP contribution < -0.4 is 15.4 Å². The SMILES string of the molecule is CCOCCCNC(=NC)NCCS(=O)(=O)NCC1CCC1.I. The van der Waals surface area contributed by atoms with Crippen LogP contribution in [-0.2, 0) is 14.8 Å². The molecule has 138 valence electrons. The van der Waals surface area contributed by atoms with E-state index in [0.717, 1.165) is 32.4 Å². The molecule has 0 amide bonds. The summed E-state index contributed by atoms with van der Waals surface area (Å²) in [5.41, 5.74) is 0. The first-order valence-corrected chi connectivity index (χ1v) is 9.72. The van der Waals surface area contributed by atoms with E-state index in [2.05, 4.69) is 20.3 Å². The Kier molecular flexibility index (Phi) is 13.1. The Labute approximate surface area is 157 Å². The van der Waals surface area contributed by atoms with Gasteiger partial charge in [-0.3, -0.25) is 4.99 Å². The highest BCUT2D eigenvalue weighted by Gasteiger charge is 2.19. The summed E-state index contributed by atoms with van der Waals surface area (Å²) in [7, 11) is -1.54. The monoisotopic (exact) mass is 462 g/mol. The van der Waals surface area contributed by atoms with Crippen LogP contribution in [0.25, 0.3) is 0 Å². The van der Waals surface area contributed by atoms with Crippen LogP contribution in [0.2, 0.25) is 0 Å². The molecule has 7 nitrogen and oxygen atoms in total. The Balaban J connectivity index is 0.00000484. The zero-order valence-electron chi connectivity index (χ0n) is 14.1. The van der Waals surface area contributed by atoms with Crippen LogP contribution in [0.3, 0.4) is 0 Å². The number of guanidine groups is 1. The second-order valence-corrected chi connectivity index (χ2v) is 7.37. The van der Waals surface area contributed by atoms with Crippen molar-refractivity contribution in [2.75, 3.05) is 45.6 Å². The summed E-state index contributed by atoms with van der Waals surface area (Å²) < 4.78 is 31.6. The van der Waals surface area contributed by atoms with E-state index in [4.69, 9.17) is 4.74 Å². The third-order valence-electron chi connectivity index (χ3n) is 3.67. The minimum atomic E-state index is -3.20. The smallest absolute Gasteiger partial charge is 0.213 e. The number of sulfonamides is 1. The maximum Gasteiger partial charge on any atom is 0.213 e. The number of ether oxygens (including phenoxy) is 1. The molecule has 0 radical (unpaired) electrons. The highest BCUT2D eigenvalue weighted by Crippen LogP contribution is 2.25. The number of rotatable bonds is 11. The molecule has 0 aliphatic heterocycles. The Bertz CT molecular complexity index is 428. The summed E-state index contributed by atoms with van der Waals surface area (Å²) >= 11 is 0. The fraction of sp³-hybridized carbons (Fsp3) is 0.929. The lowest BCUT2D eigenvalue weighted by Gasteiger charge is -2.25. The van der Waals surface area contributed by atoms with Crippen molar-refractivity contribution in [2.24, 2.45) is 10.9 Å². The van der Waals surface area contributed by atoms with Gasteiger partial charge >= 0.3 is 0 Å². The molecular formula is C14H31IN4O3S. The molecule has 0 spiro atoms. The van der Waals surface area contributed by atoms with Crippen LogP contribution in [-0.4, -0.2) is 60.0 Å². The molecule has 0 unspecified atom stereocenters. The molecule has 0 aromatic carbocycles. The highest BCUT2D eigenvalue weighted by atomic mass is 127. The molecule has 1 aliphatic rings. The van der Waals surface area contributed by atoms with Crippen molar-refractivity contribution in [3.05, 3.63) is 0 Å². The van der Waals surface area contributed by atoms with Crippen molar-refractivity contribution in [3.63, 3.8) is 0 Å². The lowest BCUT2D eigenvalue weighted by atomic mass is 9.86. The van der Waals surface area contributed by atoms with Crippen LogP contribution in [0.1, 0.15) is 32.6 Å². The summed E-state index contributed by atoms with van der Waals surface area (Å²) in [6, 6.07) is 0. The van der Waals surface area contributed by atoms with Gasteiger partial charge in [-0.25, -0.2) is 13.1 Å². The molecule has 0 saturated heterocycles. The molecule has 0 bridgehead atoms. The Hall–Kier alpha value is -0.130. The summed E-state index contributed by atoms with van der Waals surface area (Å²) in [4.78, 5) is 4.06. The quantitative estimate of drug-likeness (QED) is 0.184. The predicted octanol–water partition coefficient (Wildman–Crippen LogP) is 0.916. The van der Waals surface area contributed by atoms with Gasteiger partial charge in [0.2, 0.25) is 10.0 Å². The molecule has 1 rings (SSSR count). The molecule has 3 N–H and O–H groups in total. The van der Waals surface area contributed by atoms with Gasteiger partial charge in [0.15, 0.2) is 5.96 Å². The molecule has 1 aliphatic carbocycles. The van der Waals surface area contributed by atoms with Crippen molar-refractivity contribution < 1.29 is 13.2 Å². The molecule has 1 saturated carbocycles. The fourth-order valence-electron chi connectivity index (χ4n) is 2.06. The van der Waals surface area contributed by atoms with Crippen LogP contribution in [0.4, 0.5) is 0 Å². The van der Waals surface area contributed by atoms with Gasteiger partial charge in [-0.1, -0.05) is 6.42 Å². The molecule has 9 heteroatoms. The fourth-order valence-corrected chi connectivity index (χ4v) is 3.07. The van der Waals surface area contributed by atoms with Crippen LogP contribution in [0.15, 0.2) is 4.99 Å². The molecular weight excluding hydrogens is 431 g/mol. The molecule has 23 heavy (non-hydrogen) atoms. The van der Waals surface area contributed by atoms with Gasteiger partial charge in [-0.15, -0.1) is 24.0 Å². The molecule has 0 atom stereocenters. The number of nitrogens with zero attached hydrogens (tertiary/aromatic N) is 1. The molecule has 0 aromatic heterocycles. The van der Waals surface area contributed by atoms with E-state index in [0.29, 0.717) is 31.6 Å². The zero-order chi connectivity index (χ0) is 16.3. The van der Waals surface area contributed by atoms with Gasteiger partial charge in [0.25, 0.3) is 0 Å². The van der Waals surface area contributed by atoms with Crippen LogP contribution in [0, 0.1) is 5.92 Å². The van der Waals surface area contributed by atoms with Gasteiger partial charge in [0.05, 0.1) is 5.75 Å². The third-order valence-corrected chi connectivity index (χ3v) is 5.01. The van der Waals surface area contributed by atoms with Gasteiger partial charge < -0.3 is 15.4 Å². The standard InChI is InChI=1S/C14H30N4O3S.HI/c1-3-21-10-5-8-16-14(15-2)17-9-11-22(19,20)18-12-13-6-4-7-13;/h13,18H,3-12H2,1-2H3,(H2,15,16,17);1H. The minimum absolute atomic E-state index is 0. The Morgan fingerprint density at radius 1 is 1.26 bits per heavy atom. The maximum atomic E-state index is 11.8. The van der Waals surface area contributed by atoms with E-state index in [1.54, 1.807) is 7.05 Å². The van der Waals surface area contributed by atoms with Gasteiger partial charge in [0, 0.05) is 39.9 Å². The van der Waals surface area contributed by atoms with Crippen molar-refractivity contribution in [1.29, 1.82) is 0 Å². The third kappa shape index (κ3) is 11.1. The number of nitrogens with one attached hydrogen (secondary N) is 3. The van der Waals surface area contributed by atoms with E-state index in [-0.39, 0.29) is 29.7 Å². The normalized spacial score (nSPS) is 15.7. The molecule has 0 aromatic rings. The highest BCUT2D eigenvalue weighted by molar-refractivity contribution is 14.0. The number of hydrogen-bond donors (Lipinski definition) is 3. The first-order chi connectivity index (χ1) is 10.6. The van der Waals surface area contributed by atoms with E-state index in [1.165, 1.54) is 6.42 Å². The summed E-state index contributed by atoms with van der Waals surface area (Å²) in [6.07, 6.45) is 4.38. The van der Waals surface area contributed by atoms with Gasteiger partial charge in [-0.05, 0) is 32.1 Å². The Morgan fingerprint density at radius 3 is 2.52 bits per heavy atom. The zero-order valence-corrected chi connectivity index (χ0v) is 17.3. The van der Waals surface area contributed by atoms with Crippen LogP contribution >= 0.6 is 24.0 Å². The Morgan fingerprint density at radius 2 is 1.96 bits per heavy atom. The lowest BCUT2D eigenvalue weighted by molar-refractivity contribution is 0.145. The first-order valence-electron chi connectivity index (χ1n) is 8.07. The van der Waals surface area contributed by atoms with E-state index >= 15 is 0 Å². The number of hydrogen-bond acceptors (Lipinski definition) is 4. The number of aliphatic imine (C=N–C) groups is 1. The largest absolute Gasteiger partial charge is 0.382 e. The summed E-state index contributed by atoms with van der Waals surface area (Å²) in [6.45, 7) is 5.05. The van der Waals surface area contributed by atoms with Crippen molar-refractivity contribution in [2.45, 2.75) is 32.6 Å². The lowest BCUT2D eigenvalue weighted by Crippen LogP contribution is -2.42. The minimum Gasteiger partial charge on any atom is -0.382 e. The second kappa shape index (κ2) is 13.2. The van der Waals surface area contributed by atoms with Gasteiger partial charge in [0.1, 0.15) is 0 Å². The topological polar surface area (TPSA) is 91.8 Å². The van der Waals surface area contributed by atoms with Crippen molar-refractivity contribution in [1.82, 2.24) is 15.4 Å². The summed E-state index contributed by atoms with van der Waals surface area (Å²) in [5, 5.41) is 6.14. The number of halogens is 1. The van der Waals surface area contributed by atoms with Crippen molar-refractivity contribution in [3.8, 4) is 0 Å².